The molecule has 0 aromatic heterocycles. The molecule has 3 nitrogen and oxygen atoms in total. The quantitative estimate of drug-likeness (QED) is 0.481. The molecular formula is C10H19F4NO2. The van der Waals surface area contributed by atoms with Gasteiger partial charge in [-0.2, -0.15) is 8.78 Å². The fourth-order valence-electron chi connectivity index (χ4n) is 1.19. The van der Waals surface area contributed by atoms with E-state index in [1.807, 2.05) is 0 Å². The first kappa shape index (κ1) is 16.6. The van der Waals surface area contributed by atoms with Gasteiger partial charge in [0.25, 0.3) is 0 Å². The molecule has 0 aliphatic carbocycles. The number of nitrogens with one attached hydrogen (secondary N) is 1. The van der Waals surface area contributed by atoms with E-state index < -0.39 is 19.0 Å². The van der Waals surface area contributed by atoms with E-state index in [4.69, 9.17) is 4.74 Å². The molecule has 1 atom stereocenters. The number of hydrogen-bond donors (Lipinski definition) is 1. The smallest absolute Gasteiger partial charge is 0.330 e. The Kier molecular flexibility index (Phi) is 8.45. The van der Waals surface area contributed by atoms with Gasteiger partial charge in [0, 0.05) is 19.8 Å². The molecule has 0 saturated heterocycles. The topological polar surface area (TPSA) is 30.5 Å². The SMILES string of the molecule is CNC(CCCOC)COCC(F)(F)C(F)F. The molecule has 0 saturated carbocycles. The molecule has 7 heteroatoms. The van der Waals surface area contributed by atoms with E-state index in [0.29, 0.717) is 13.0 Å². The van der Waals surface area contributed by atoms with Crippen LogP contribution in [0.3, 0.4) is 0 Å². The Morgan fingerprint density at radius 3 is 2.41 bits per heavy atom. The molecule has 0 aliphatic rings. The Morgan fingerprint density at radius 1 is 1.29 bits per heavy atom. The molecule has 0 radical (unpaired) electrons. The molecule has 0 rings (SSSR count). The second-order valence-corrected chi connectivity index (χ2v) is 3.70. The van der Waals surface area contributed by atoms with Crippen LogP contribution >= 0.6 is 0 Å². The van der Waals surface area contributed by atoms with Crippen LogP contribution < -0.4 is 5.32 Å². The standard InChI is InChI=1S/C10H19F4NO2/c1-15-8(4-3-5-16-2)6-17-7-10(13,14)9(11)12/h8-9,15H,3-7H2,1-2H3. The number of rotatable bonds is 10. The highest BCUT2D eigenvalue weighted by molar-refractivity contribution is 4.69. The normalized spacial score (nSPS) is 14.3. The number of hydrogen-bond acceptors (Lipinski definition) is 3. The van der Waals surface area contributed by atoms with Crippen LogP contribution in [0.15, 0.2) is 0 Å². The molecule has 0 aromatic rings. The Hall–Kier alpha value is -0.400. The number of halogens is 4. The summed E-state index contributed by atoms with van der Waals surface area (Å²) in [6, 6.07) is -0.140. The van der Waals surface area contributed by atoms with Crippen LogP contribution in [-0.2, 0) is 9.47 Å². The minimum Gasteiger partial charge on any atom is -0.385 e. The molecule has 0 heterocycles. The zero-order valence-corrected chi connectivity index (χ0v) is 10.0. The molecule has 0 fully saturated rings. The zero-order chi connectivity index (χ0) is 13.3. The molecule has 17 heavy (non-hydrogen) atoms. The Bertz CT molecular complexity index is 193. The van der Waals surface area contributed by atoms with E-state index in [2.05, 4.69) is 10.1 Å². The van der Waals surface area contributed by atoms with E-state index in [1.165, 1.54) is 0 Å². The number of alkyl halides is 4. The zero-order valence-electron chi connectivity index (χ0n) is 10.0. The van der Waals surface area contributed by atoms with Crippen molar-refractivity contribution in [2.45, 2.75) is 31.2 Å². The van der Waals surface area contributed by atoms with Crippen molar-refractivity contribution in [2.24, 2.45) is 0 Å². The van der Waals surface area contributed by atoms with E-state index in [0.717, 1.165) is 6.42 Å². The summed E-state index contributed by atoms with van der Waals surface area (Å²) in [6.45, 7) is -0.721. The van der Waals surface area contributed by atoms with Crippen LogP contribution in [0.2, 0.25) is 0 Å². The van der Waals surface area contributed by atoms with Crippen molar-refractivity contribution in [3.05, 3.63) is 0 Å². The van der Waals surface area contributed by atoms with Gasteiger partial charge < -0.3 is 14.8 Å². The van der Waals surface area contributed by atoms with Crippen molar-refractivity contribution in [1.29, 1.82) is 0 Å². The second-order valence-electron chi connectivity index (χ2n) is 3.70. The molecule has 104 valence electrons. The Balaban J connectivity index is 3.76. The lowest BCUT2D eigenvalue weighted by molar-refractivity contribution is -0.167. The summed E-state index contributed by atoms with van der Waals surface area (Å²) in [5, 5.41) is 2.86. The summed E-state index contributed by atoms with van der Waals surface area (Å²) in [4.78, 5) is 0. The van der Waals surface area contributed by atoms with Gasteiger partial charge in [-0.3, -0.25) is 0 Å². The van der Waals surface area contributed by atoms with Gasteiger partial charge in [0.2, 0.25) is 0 Å². The van der Waals surface area contributed by atoms with Gasteiger partial charge in [0.05, 0.1) is 6.61 Å². The number of likely N-dealkylation sites (N-methyl/N-ethyl adjacent to an activating group) is 1. The minimum absolute atomic E-state index is 0.0253. The fourth-order valence-corrected chi connectivity index (χ4v) is 1.19. The average Bonchev–Trinajstić information content (AvgIpc) is 2.26. The van der Waals surface area contributed by atoms with Crippen molar-refractivity contribution in [3.63, 3.8) is 0 Å². The lowest BCUT2D eigenvalue weighted by Gasteiger charge is -2.19. The van der Waals surface area contributed by atoms with Gasteiger partial charge in [-0.25, -0.2) is 8.78 Å². The van der Waals surface area contributed by atoms with E-state index in [-0.39, 0.29) is 12.6 Å². The molecule has 0 spiro atoms. The fraction of sp³-hybridized carbons (Fsp3) is 1.00. The highest BCUT2D eigenvalue weighted by Crippen LogP contribution is 2.22. The summed E-state index contributed by atoms with van der Waals surface area (Å²) in [5.74, 6) is -4.08. The molecule has 0 amide bonds. The van der Waals surface area contributed by atoms with Gasteiger partial charge in [-0.05, 0) is 19.9 Å². The van der Waals surface area contributed by atoms with Crippen LogP contribution in [0, 0.1) is 0 Å². The van der Waals surface area contributed by atoms with Crippen molar-refractivity contribution >= 4 is 0 Å². The Morgan fingerprint density at radius 2 is 1.94 bits per heavy atom. The van der Waals surface area contributed by atoms with E-state index in [9.17, 15) is 17.6 Å². The number of methoxy groups -OCH3 is 1. The maximum absolute atomic E-state index is 12.5. The summed E-state index contributed by atoms with van der Waals surface area (Å²) in [5.41, 5.74) is 0. The van der Waals surface area contributed by atoms with E-state index >= 15 is 0 Å². The third-order valence-electron chi connectivity index (χ3n) is 2.24. The lowest BCUT2D eigenvalue weighted by atomic mass is 10.2. The van der Waals surface area contributed by atoms with Crippen molar-refractivity contribution in [1.82, 2.24) is 5.32 Å². The summed E-state index contributed by atoms with van der Waals surface area (Å²) < 4.78 is 58.0. The summed E-state index contributed by atoms with van der Waals surface area (Å²) in [7, 11) is 3.22. The highest BCUT2D eigenvalue weighted by atomic mass is 19.3. The van der Waals surface area contributed by atoms with Gasteiger partial charge in [-0.1, -0.05) is 0 Å². The largest absolute Gasteiger partial charge is 0.385 e. The van der Waals surface area contributed by atoms with Gasteiger partial charge >= 0.3 is 12.3 Å². The van der Waals surface area contributed by atoms with Gasteiger partial charge in [-0.15, -0.1) is 0 Å². The van der Waals surface area contributed by atoms with Crippen LogP contribution in [0.5, 0.6) is 0 Å². The van der Waals surface area contributed by atoms with Crippen molar-refractivity contribution in [2.75, 3.05) is 34.0 Å². The van der Waals surface area contributed by atoms with Crippen LogP contribution in [0.1, 0.15) is 12.8 Å². The minimum atomic E-state index is -4.08. The monoisotopic (exact) mass is 261 g/mol. The molecular weight excluding hydrogens is 242 g/mol. The molecule has 0 aliphatic heterocycles. The maximum atomic E-state index is 12.5. The average molecular weight is 261 g/mol. The third-order valence-corrected chi connectivity index (χ3v) is 2.24. The predicted molar refractivity (Wildman–Crippen MR) is 55.7 cm³/mol. The third kappa shape index (κ3) is 7.51. The van der Waals surface area contributed by atoms with Crippen molar-refractivity contribution in [3.8, 4) is 0 Å². The molecule has 0 aromatic carbocycles. The van der Waals surface area contributed by atoms with E-state index in [1.54, 1.807) is 14.2 Å². The Labute approximate surface area is 98.5 Å². The first-order valence-corrected chi connectivity index (χ1v) is 5.34. The molecule has 0 bridgehead atoms. The highest BCUT2D eigenvalue weighted by Gasteiger charge is 2.41. The predicted octanol–water partition coefficient (Wildman–Crippen LogP) is 1.92. The van der Waals surface area contributed by atoms with Crippen LogP contribution in [0.25, 0.3) is 0 Å². The first-order chi connectivity index (χ1) is 7.94. The number of ether oxygens (including phenoxy) is 2. The maximum Gasteiger partial charge on any atom is 0.330 e. The van der Waals surface area contributed by atoms with Crippen LogP contribution in [0.4, 0.5) is 17.6 Å². The molecule has 1 unspecified atom stereocenters. The van der Waals surface area contributed by atoms with Gasteiger partial charge in [0.1, 0.15) is 6.61 Å². The van der Waals surface area contributed by atoms with Crippen molar-refractivity contribution < 1.29 is 27.0 Å². The second kappa shape index (κ2) is 8.66. The van der Waals surface area contributed by atoms with Gasteiger partial charge in [0.15, 0.2) is 0 Å². The first-order valence-electron chi connectivity index (χ1n) is 5.34. The summed E-state index contributed by atoms with van der Waals surface area (Å²) >= 11 is 0. The van der Waals surface area contributed by atoms with Crippen LogP contribution in [-0.4, -0.2) is 52.4 Å². The lowest BCUT2D eigenvalue weighted by Crippen LogP contribution is -2.36. The molecule has 1 N–H and O–H groups in total. The summed E-state index contributed by atoms with van der Waals surface area (Å²) in [6.07, 6.45) is -2.27.